The molecule has 0 saturated carbocycles. The summed E-state index contributed by atoms with van der Waals surface area (Å²) in [5, 5.41) is 4.51. The molecule has 9 heteroatoms. The molecule has 0 amide bonds. The Morgan fingerprint density at radius 1 is 1.22 bits per heavy atom. The van der Waals surface area contributed by atoms with Crippen LogP contribution in [0, 0.1) is 0 Å². The largest absolute Gasteiger partial charge is 0.497 e. The standard InChI is InChI=1S/C23H28N4O4S/c1-30-17-7-6-16-12-27(8-9-32(28,29)21(16)10-17)22-11-20(25-13-23(24)14-31-15-23)18-4-2-3-5-19(18)26-22/h2-7,10-11,28-29H,8-9,12-15,24H2,1H3,(H,25,26). The molecule has 2 aliphatic heterocycles. The average Bonchev–Trinajstić information content (AvgIpc) is 2.91. The van der Waals surface area contributed by atoms with Gasteiger partial charge in [0.15, 0.2) is 0 Å². The van der Waals surface area contributed by atoms with Gasteiger partial charge in [-0.15, -0.1) is 0 Å². The first-order valence-electron chi connectivity index (χ1n) is 10.6. The maximum atomic E-state index is 10.8. The van der Waals surface area contributed by atoms with Crippen LogP contribution in [0.3, 0.4) is 0 Å². The molecule has 2 aromatic carbocycles. The van der Waals surface area contributed by atoms with Crippen LogP contribution in [0.4, 0.5) is 11.5 Å². The summed E-state index contributed by atoms with van der Waals surface area (Å²) in [7, 11) is -1.35. The van der Waals surface area contributed by atoms with Gasteiger partial charge in [-0.05, 0) is 17.7 Å². The van der Waals surface area contributed by atoms with Crippen molar-refractivity contribution in [2.24, 2.45) is 5.73 Å². The molecule has 5 N–H and O–H groups in total. The van der Waals surface area contributed by atoms with Crippen LogP contribution in [0.25, 0.3) is 10.9 Å². The fraction of sp³-hybridized carbons (Fsp3) is 0.348. The first kappa shape index (κ1) is 21.3. The Morgan fingerprint density at radius 3 is 2.78 bits per heavy atom. The van der Waals surface area contributed by atoms with Gasteiger partial charge in [0.1, 0.15) is 11.6 Å². The molecule has 0 radical (unpaired) electrons. The molecule has 1 fully saturated rings. The Bertz CT molecular complexity index is 1150. The number of nitrogens with zero attached hydrogens (tertiary/aromatic N) is 2. The maximum absolute atomic E-state index is 10.8. The van der Waals surface area contributed by atoms with Gasteiger partial charge in [-0.25, -0.2) is 4.98 Å². The van der Waals surface area contributed by atoms with E-state index >= 15 is 0 Å². The number of pyridine rings is 1. The zero-order valence-corrected chi connectivity index (χ0v) is 18.8. The van der Waals surface area contributed by atoms with E-state index < -0.39 is 10.6 Å². The van der Waals surface area contributed by atoms with Gasteiger partial charge in [0.2, 0.25) is 0 Å². The lowest BCUT2D eigenvalue weighted by Crippen LogP contribution is -2.61. The molecule has 3 heterocycles. The number of aromatic nitrogens is 1. The first-order valence-corrected chi connectivity index (χ1v) is 12.3. The van der Waals surface area contributed by atoms with Crippen LogP contribution >= 0.6 is 10.6 Å². The molecule has 0 unspecified atom stereocenters. The van der Waals surface area contributed by atoms with E-state index in [2.05, 4.69) is 10.2 Å². The fourth-order valence-electron chi connectivity index (χ4n) is 4.13. The molecule has 2 aliphatic rings. The lowest BCUT2D eigenvalue weighted by atomic mass is 9.99. The van der Waals surface area contributed by atoms with E-state index in [0.717, 1.165) is 28.0 Å². The van der Waals surface area contributed by atoms with Crippen molar-refractivity contribution in [2.45, 2.75) is 17.0 Å². The first-order chi connectivity index (χ1) is 15.4. The normalized spacial score (nSPS) is 20.1. The average molecular weight is 457 g/mol. The highest BCUT2D eigenvalue weighted by Crippen LogP contribution is 2.52. The van der Waals surface area contributed by atoms with Gasteiger partial charge in [0.05, 0.1) is 42.0 Å². The second-order valence-corrected chi connectivity index (χ2v) is 10.7. The van der Waals surface area contributed by atoms with E-state index in [1.165, 1.54) is 0 Å². The Labute approximate surface area is 188 Å². The van der Waals surface area contributed by atoms with E-state index in [1.54, 1.807) is 13.2 Å². The predicted octanol–water partition coefficient (Wildman–Crippen LogP) is 3.51. The third kappa shape index (κ3) is 3.98. The Morgan fingerprint density at radius 2 is 2.03 bits per heavy atom. The highest BCUT2D eigenvalue weighted by molar-refractivity contribution is 8.24. The minimum Gasteiger partial charge on any atom is -0.497 e. The minimum absolute atomic E-state index is 0.230. The molecule has 0 bridgehead atoms. The number of fused-ring (bicyclic) bond motifs is 2. The summed E-state index contributed by atoms with van der Waals surface area (Å²) >= 11 is 0. The summed E-state index contributed by atoms with van der Waals surface area (Å²) in [4.78, 5) is 7.53. The Balaban J connectivity index is 1.51. The number of anilines is 2. The summed E-state index contributed by atoms with van der Waals surface area (Å²) in [5.41, 5.74) is 8.65. The second-order valence-electron chi connectivity index (χ2n) is 8.52. The number of hydrogen-bond acceptors (Lipinski definition) is 8. The topological polar surface area (TPSA) is 113 Å². The molecule has 0 spiro atoms. The van der Waals surface area contributed by atoms with Crippen molar-refractivity contribution in [1.82, 2.24) is 4.98 Å². The van der Waals surface area contributed by atoms with Gasteiger partial charge >= 0.3 is 0 Å². The number of nitrogens with one attached hydrogen (secondary N) is 1. The van der Waals surface area contributed by atoms with E-state index in [-0.39, 0.29) is 11.3 Å². The van der Waals surface area contributed by atoms with Gasteiger partial charge in [-0.2, -0.15) is 10.6 Å². The number of nitrogens with two attached hydrogens (primary N) is 1. The van der Waals surface area contributed by atoms with E-state index in [9.17, 15) is 9.11 Å². The molecule has 32 heavy (non-hydrogen) atoms. The summed E-state index contributed by atoms with van der Waals surface area (Å²) in [6, 6.07) is 15.5. The number of para-hydroxylation sites is 1. The number of benzene rings is 2. The van der Waals surface area contributed by atoms with Crippen molar-refractivity contribution in [2.75, 3.05) is 49.4 Å². The van der Waals surface area contributed by atoms with E-state index in [0.29, 0.717) is 43.5 Å². The van der Waals surface area contributed by atoms with Crippen molar-refractivity contribution in [1.29, 1.82) is 0 Å². The molecular formula is C23H28N4O4S. The Kier molecular flexibility index (Phi) is 5.39. The lowest BCUT2D eigenvalue weighted by Gasteiger charge is -2.38. The monoisotopic (exact) mass is 456 g/mol. The van der Waals surface area contributed by atoms with Crippen molar-refractivity contribution in [3.63, 3.8) is 0 Å². The smallest absolute Gasteiger partial charge is 0.131 e. The zero-order valence-electron chi connectivity index (χ0n) is 18.0. The predicted molar refractivity (Wildman–Crippen MR) is 128 cm³/mol. The van der Waals surface area contributed by atoms with Crippen molar-refractivity contribution in [3.8, 4) is 5.75 Å². The van der Waals surface area contributed by atoms with Crippen LogP contribution in [-0.2, 0) is 11.3 Å². The van der Waals surface area contributed by atoms with Gasteiger partial charge in [0.25, 0.3) is 0 Å². The van der Waals surface area contributed by atoms with Crippen LogP contribution < -0.4 is 20.7 Å². The molecule has 3 aromatic rings. The third-order valence-electron chi connectivity index (χ3n) is 6.07. The summed E-state index contributed by atoms with van der Waals surface area (Å²) in [6.45, 7) is 2.68. The molecular weight excluding hydrogens is 428 g/mol. The molecule has 8 nitrogen and oxygen atoms in total. The highest BCUT2D eigenvalue weighted by atomic mass is 32.3. The Hall–Kier alpha value is -2.56. The number of ether oxygens (including phenoxy) is 2. The third-order valence-corrected chi connectivity index (χ3v) is 7.91. The number of methoxy groups -OCH3 is 1. The molecule has 170 valence electrons. The number of rotatable bonds is 5. The zero-order chi connectivity index (χ0) is 22.3. The van der Waals surface area contributed by atoms with E-state index in [1.807, 2.05) is 42.5 Å². The van der Waals surface area contributed by atoms with Crippen LogP contribution in [0.2, 0.25) is 0 Å². The van der Waals surface area contributed by atoms with Crippen LogP contribution in [-0.4, -0.2) is 58.8 Å². The van der Waals surface area contributed by atoms with Crippen LogP contribution in [0.15, 0.2) is 53.4 Å². The molecule has 0 aliphatic carbocycles. The lowest BCUT2D eigenvalue weighted by molar-refractivity contribution is -0.0461. The van der Waals surface area contributed by atoms with Crippen LogP contribution in [0.5, 0.6) is 5.75 Å². The molecule has 1 aromatic heterocycles. The second kappa shape index (κ2) is 8.09. The molecule has 5 rings (SSSR count). The van der Waals surface area contributed by atoms with Gasteiger partial charge in [-0.3, -0.25) is 9.11 Å². The maximum Gasteiger partial charge on any atom is 0.131 e. The quantitative estimate of drug-likeness (QED) is 0.461. The van der Waals surface area contributed by atoms with E-state index in [4.69, 9.17) is 20.2 Å². The summed E-state index contributed by atoms with van der Waals surface area (Å²) in [5.74, 6) is 1.62. The number of hydrogen-bond donors (Lipinski definition) is 4. The van der Waals surface area contributed by atoms with Gasteiger partial charge < -0.3 is 25.4 Å². The minimum atomic E-state index is -2.93. The van der Waals surface area contributed by atoms with Gasteiger partial charge in [0, 0.05) is 42.8 Å². The van der Waals surface area contributed by atoms with Crippen LogP contribution in [0.1, 0.15) is 5.56 Å². The van der Waals surface area contributed by atoms with Gasteiger partial charge in [-0.1, -0.05) is 24.3 Å². The van der Waals surface area contributed by atoms with Crippen molar-refractivity contribution < 1.29 is 18.6 Å². The highest BCUT2D eigenvalue weighted by Gasteiger charge is 2.34. The summed E-state index contributed by atoms with van der Waals surface area (Å²) < 4.78 is 32.2. The molecule has 1 saturated heterocycles. The SMILES string of the molecule is COc1ccc2c(c1)S(O)(O)CCN(c1cc(NCC3(N)COC3)c3ccccc3n1)C2. The molecule has 0 atom stereocenters. The van der Waals surface area contributed by atoms with Crippen molar-refractivity contribution in [3.05, 3.63) is 54.1 Å². The summed E-state index contributed by atoms with van der Waals surface area (Å²) in [6.07, 6.45) is 0. The van der Waals surface area contributed by atoms with Crippen molar-refractivity contribution >= 4 is 33.0 Å². The fourth-order valence-corrected chi connectivity index (χ4v) is 5.68.